The van der Waals surface area contributed by atoms with Crippen molar-refractivity contribution in [1.82, 2.24) is 9.62 Å². The fourth-order valence-corrected chi connectivity index (χ4v) is 2.23. The normalized spacial score (nSPS) is 13.2. The summed E-state index contributed by atoms with van der Waals surface area (Å²) < 4.78 is 62.0. The maximum absolute atomic E-state index is 11.6. The van der Waals surface area contributed by atoms with Crippen molar-refractivity contribution in [2.45, 2.75) is 19.7 Å². The lowest BCUT2D eigenvalue weighted by Crippen LogP contribution is -2.33. The van der Waals surface area contributed by atoms with Crippen LogP contribution in [0.5, 0.6) is 0 Å². The van der Waals surface area contributed by atoms with E-state index >= 15 is 0 Å². The molecule has 0 heterocycles. The average Bonchev–Trinajstić information content (AvgIpc) is 2.18. The van der Waals surface area contributed by atoms with Crippen molar-refractivity contribution in [2.24, 2.45) is 0 Å². The number of nitrogens with one attached hydrogen (secondary N) is 1. The standard InChI is InChI=1S/C9H19F3N2O3S/c1-3-14(18(2,15)16)7-4-5-13-6-8-17-9(10,11)12/h13H,3-8H2,1-2H3. The minimum absolute atomic E-state index is 0.0739. The van der Waals surface area contributed by atoms with Gasteiger partial charge in [0.05, 0.1) is 12.9 Å². The molecule has 0 rings (SSSR count). The maximum Gasteiger partial charge on any atom is 0.522 e. The van der Waals surface area contributed by atoms with Crippen LogP contribution in [0, 0.1) is 0 Å². The van der Waals surface area contributed by atoms with Crippen LogP contribution < -0.4 is 5.32 Å². The van der Waals surface area contributed by atoms with E-state index in [9.17, 15) is 21.6 Å². The first-order valence-electron chi connectivity index (χ1n) is 5.53. The Morgan fingerprint density at radius 3 is 2.33 bits per heavy atom. The molecule has 0 aliphatic heterocycles. The Kier molecular flexibility index (Phi) is 7.76. The highest BCUT2D eigenvalue weighted by molar-refractivity contribution is 7.88. The predicted octanol–water partition coefficient (Wildman–Crippen LogP) is 0.784. The highest BCUT2D eigenvalue weighted by Crippen LogP contribution is 2.15. The van der Waals surface area contributed by atoms with E-state index in [-0.39, 0.29) is 6.54 Å². The molecular formula is C9H19F3N2O3S. The molecule has 0 radical (unpaired) electrons. The van der Waals surface area contributed by atoms with Gasteiger partial charge in [-0.1, -0.05) is 6.92 Å². The molecule has 110 valence electrons. The molecule has 0 amide bonds. The van der Waals surface area contributed by atoms with Gasteiger partial charge in [0.15, 0.2) is 0 Å². The Hall–Kier alpha value is -0.380. The van der Waals surface area contributed by atoms with E-state index in [1.54, 1.807) is 6.92 Å². The molecule has 9 heteroatoms. The van der Waals surface area contributed by atoms with Crippen molar-refractivity contribution in [3.63, 3.8) is 0 Å². The summed E-state index contributed by atoms with van der Waals surface area (Å²) in [5, 5.41) is 2.74. The summed E-state index contributed by atoms with van der Waals surface area (Å²) in [6, 6.07) is 0. The zero-order chi connectivity index (χ0) is 14.2. The van der Waals surface area contributed by atoms with Crippen LogP contribution in [0.3, 0.4) is 0 Å². The van der Waals surface area contributed by atoms with E-state index in [2.05, 4.69) is 10.1 Å². The maximum atomic E-state index is 11.6. The summed E-state index contributed by atoms with van der Waals surface area (Å²) >= 11 is 0. The number of alkyl halides is 3. The van der Waals surface area contributed by atoms with Gasteiger partial charge in [0, 0.05) is 19.6 Å². The third-order valence-electron chi connectivity index (χ3n) is 2.13. The number of sulfonamides is 1. The Morgan fingerprint density at radius 1 is 1.28 bits per heavy atom. The highest BCUT2D eigenvalue weighted by atomic mass is 32.2. The quantitative estimate of drug-likeness (QED) is 0.638. The van der Waals surface area contributed by atoms with Gasteiger partial charge in [-0.25, -0.2) is 12.7 Å². The highest BCUT2D eigenvalue weighted by Gasteiger charge is 2.28. The molecule has 1 N–H and O–H groups in total. The van der Waals surface area contributed by atoms with E-state index in [0.29, 0.717) is 26.1 Å². The van der Waals surface area contributed by atoms with Crippen LogP contribution in [0.15, 0.2) is 0 Å². The van der Waals surface area contributed by atoms with Crippen LogP contribution in [-0.4, -0.2) is 58.1 Å². The van der Waals surface area contributed by atoms with Gasteiger partial charge in [-0.2, -0.15) is 0 Å². The number of ether oxygens (including phenoxy) is 1. The lowest BCUT2D eigenvalue weighted by molar-refractivity contribution is -0.323. The van der Waals surface area contributed by atoms with Crippen LogP contribution in [0.4, 0.5) is 13.2 Å². The van der Waals surface area contributed by atoms with Gasteiger partial charge >= 0.3 is 6.36 Å². The Labute approximate surface area is 105 Å². The molecule has 0 aromatic heterocycles. The predicted molar refractivity (Wildman–Crippen MR) is 61.6 cm³/mol. The van der Waals surface area contributed by atoms with Gasteiger partial charge in [0.1, 0.15) is 0 Å². The third kappa shape index (κ3) is 9.63. The van der Waals surface area contributed by atoms with E-state index in [4.69, 9.17) is 0 Å². The molecule has 0 unspecified atom stereocenters. The Bertz CT molecular complexity index is 320. The van der Waals surface area contributed by atoms with Gasteiger partial charge in [-0.15, -0.1) is 13.2 Å². The van der Waals surface area contributed by atoms with Gasteiger partial charge in [-0.05, 0) is 13.0 Å². The van der Waals surface area contributed by atoms with E-state index < -0.39 is 23.0 Å². The summed E-state index contributed by atoms with van der Waals surface area (Å²) in [5.41, 5.74) is 0. The third-order valence-corrected chi connectivity index (χ3v) is 3.51. The average molecular weight is 292 g/mol. The molecule has 5 nitrogen and oxygen atoms in total. The van der Waals surface area contributed by atoms with Crippen molar-refractivity contribution >= 4 is 10.0 Å². The van der Waals surface area contributed by atoms with Crippen LogP contribution in [0.25, 0.3) is 0 Å². The van der Waals surface area contributed by atoms with Crippen LogP contribution in [-0.2, 0) is 14.8 Å². The van der Waals surface area contributed by atoms with Crippen molar-refractivity contribution in [2.75, 3.05) is 39.0 Å². The summed E-state index contributed by atoms with van der Waals surface area (Å²) in [7, 11) is -3.20. The Balaban J connectivity index is 3.57. The molecule has 0 aliphatic rings. The number of rotatable bonds is 9. The minimum atomic E-state index is -4.60. The first-order chi connectivity index (χ1) is 8.17. The molecule has 0 saturated heterocycles. The molecular weight excluding hydrogens is 273 g/mol. The van der Waals surface area contributed by atoms with Crippen LogP contribution >= 0.6 is 0 Å². The topological polar surface area (TPSA) is 58.6 Å². The second-order valence-corrected chi connectivity index (χ2v) is 5.63. The summed E-state index contributed by atoms with van der Waals surface area (Å²) in [6.07, 6.45) is -2.94. The molecule has 0 saturated carbocycles. The molecule has 0 spiro atoms. The zero-order valence-corrected chi connectivity index (χ0v) is 11.3. The molecule has 0 atom stereocenters. The van der Waals surface area contributed by atoms with Crippen molar-refractivity contribution in [3.8, 4) is 0 Å². The lowest BCUT2D eigenvalue weighted by atomic mass is 10.4. The molecule has 0 aliphatic carbocycles. The summed E-state index contributed by atoms with van der Waals surface area (Å²) in [4.78, 5) is 0. The fourth-order valence-electron chi connectivity index (χ4n) is 1.30. The monoisotopic (exact) mass is 292 g/mol. The van der Waals surface area contributed by atoms with Gasteiger partial charge in [0.2, 0.25) is 10.0 Å². The van der Waals surface area contributed by atoms with Crippen molar-refractivity contribution in [3.05, 3.63) is 0 Å². The first kappa shape index (κ1) is 17.6. The lowest BCUT2D eigenvalue weighted by Gasteiger charge is -2.17. The molecule has 0 bridgehead atoms. The number of hydrogen-bond acceptors (Lipinski definition) is 4. The van der Waals surface area contributed by atoms with Gasteiger partial charge < -0.3 is 5.32 Å². The second kappa shape index (κ2) is 7.93. The summed E-state index contributed by atoms with van der Waals surface area (Å²) in [6.45, 7) is 2.52. The zero-order valence-electron chi connectivity index (χ0n) is 10.5. The first-order valence-corrected chi connectivity index (χ1v) is 7.38. The Morgan fingerprint density at radius 2 is 1.89 bits per heavy atom. The minimum Gasteiger partial charge on any atom is -0.314 e. The van der Waals surface area contributed by atoms with E-state index in [0.717, 1.165) is 6.26 Å². The van der Waals surface area contributed by atoms with Crippen molar-refractivity contribution in [1.29, 1.82) is 0 Å². The van der Waals surface area contributed by atoms with Crippen LogP contribution in [0.2, 0.25) is 0 Å². The number of hydrogen-bond donors (Lipinski definition) is 1. The molecule has 0 aromatic rings. The molecule has 0 fully saturated rings. The SMILES string of the molecule is CCN(CCCNCCOC(F)(F)F)S(C)(=O)=O. The second-order valence-electron chi connectivity index (χ2n) is 3.65. The van der Waals surface area contributed by atoms with Crippen molar-refractivity contribution < 1.29 is 26.3 Å². The smallest absolute Gasteiger partial charge is 0.314 e. The summed E-state index contributed by atoms with van der Waals surface area (Å²) in [5.74, 6) is 0. The van der Waals surface area contributed by atoms with Crippen LogP contribution in [0.1, 0.15) is 13.3 Å². The number of halogens is 3. The molecule has 0 aromatic carbocycles. The van der Waals surface area contributed by atoms with Gasteiger partial charge in [-0.3, -0.25) is 4.74 Å². The largest absolute Gasteiger partial charge is 0.522 e. The van der Waals surface area contributed by atoms with E-state index in [1.807, 2.05) is 0 Å². The van der Waals surface area contributed by atoms with Gasteiger partial charge in [0.25, 0.3) is 0 Å². The molecule has 18 heavy (non-hydrogen) atoms. The number of nitrogens with zero attached hydrogens (tertiary/aromatic N) is 1. The fraction of sp³-hybridized carbons (Fsp3) is 1.00. The van der Waals surface area contributed by atoms with E-state index in [1.165, 1.54) is 4.31 Å².